The van der Waals surface area contributed by atoms with Crippen LogP contribution in [0.5, 0.6) is 0 Å². The number of rotatable bonds is 3. The van der Waals surface area contributed by atoms with Crippen LogP contribution >= 0.6 is 23.1 Å². The van der Waals surface area contributed by atoms with E-state index in [0.717, 1.165) is 5.69 Å². The van der Waals surface area contributed by atoms with Gasteiger partial charge in [0.15, 0.2) is 10.1 Å². The summed E-state index contributed by atoms with van der Waals surface area (Å²) < 4.78 is 1.59. The van der Waals surface area contributed by atoms with Crippen LogP contribution in [0.1, 0.15) is 17.1 Å². The van der Waals surface area contributed by atoms with E-state index in [1.165, 1.54) is 35.2 Å². The summed E-state index contributed by atoms with van der Waals surface area (Å²) in [5, 5.41) is 2.43. The first-order chi connectivity index (χ1) is 10.0. The average molecular weight is 320 g/mol. The first-order valence-corrected chi connectivity index (χ1v) is 8.07. The van der Waals surface area contributed by atoms with Crippen LogP contribution in [0.25, 0.3) is 4.96 Å². The normalized spacial score (nSPS) is 11.1. The van der Waals surface area contributed by atoms with E-state index in [4.69, 9.17) is 0 Å². The Morgan fingerprint density at radius 1 is 1.29 bits per heavy atom. The molecule has 3 aromatic heterocycles. The summed E-state index contributed by atoms with van der Waals surface area (Å²) in [7, 11) is 0. The average Bonchev–Trinajstić information content (AvgIpc) is 2.77. The highest BCUT2D eigenvalue weighted by molar-refractivity contribution is 7.98. The Hall–Kier alpha value is -1.93. The smallest absolute Gasteiger partial charge is 0.258 e. The molecule has 0 saturated carbocycles. The van der Waals surface area contributed by atoms with Gasteiger partial charge in [-0.05, 0) is 13.8 Å². The number of nitrogens with zero attached hydrogens (tertiary/aromatic N) is 3. The monoisotopic (exact) mass is 320 g/mol. The van der Waals surface area contributed by atoms with E-state index in [0.29, 0.717) is 27.3 Å². The molecular weight excluding hydrogens is 308 g/mol. The molecule has 0 saturated heterocycles. The van der Waals surface area contributed by atoms with Gasteiger partial charge in [-0.2, -0.15) is 0 Å². The van der Waals surface area contributed by atoms with Crippen molar-refractivity contribution >= 4 is 28.1 Å². The number of thiazole rings is 1. The maximum atomic E-state index is 12.0. The van der Waals surface area contributed by atoms with Crippen LogP contribution in [0.3, 0.4) is 0 Å². The van der Waals surface area contributed by atoms with Gasteiger partial charge in [0, 0.05) is 34.7 Å². The molecule has 3 heterocycles. The summed E-state index contributed by atoms with van der Waals surface area (Å²) in [5.74, 6) is 0.481. The third kappa shape index (κ3) is 2.91. The lowest BCUT2D eigenvalue weighted by Gasteiger charge is -2.02. The van der Waals surface area contributed by atoms with Gasteiger partial charge >= 0.3 is 0 Å². The fourth-order valence-electron chi connectivity index (χ4n) is 1.94. The Labute approximate surface area is 127 Å². The van der Waals surface area contributed by atoms with Crippen LogP contribution in [-0.2, 0) is 5.75 Å². The minimum Gasteiger partial charge on any atom is -0.301 e. The van der Waals surface area contributed by atoms with Crippen LogP contribution in [0, 0.1) is 13.8 Å². The second-order valence-electron chi connectivity index (χ2n) is 4.56. The number of nitrogens with one attached hydrogen (secondary N) is 1. The van der Waals surface area contributed by atoms with Crippen molar-refractivity contribution in [2.24, 2.45) is 0 Å². The molecule has 0 aliphatic heterocycles. The number of aromatic nitrogens is 4. The van der Waals surface area contributed by atoms with E-state index in [2.05, 4.69) is 15.0 Å². The predicted octanol–water partition coefficient (Wildman–Crippen LogP) is 1.75. The van der Waals surface area contributed by atoms with E-state index in [-0.39, 0.29) is 11.1 Å². The fraction of sp³-hybridized carbons (Fsp3) is 0.231. The lowest BCUT2D eigenvalue weighted by atomic mass is 10.4. The van der Waals surface area contributed by atoms with Crippen molar-refractivity contribution in [2.75, 3.05) is 0 Å². The maximum Gasteiger partial charge on any atom is 0.258 e. The van der Waals surface area contributed by atoms with Gasteiger partial charge < -0.3 is 4.98 Å². The number of aromatic amines is 1. The number of hydrogen-bond acceptors (Lipinski definition) is 6. The van der Waals surface area contributed by atoms with Gasteiger partial charge in [-0.15, -0.1) is 11.3 Å². The standard InChI is InChI=1S/C13H12N4O2S2/c1-7-3-10(18)16-12(14-7)20-6-9-4-11(19)17-8(2)5-21-13(17)15-9/h3-5H,6H2,1-2H3,(H,14,16,18). The molecule has 0 aliphatic rings. The van der Waals surface area contributed by atoms with Crippen LogP contribution in [0.4, 0.5) is 0 Å². The van der Waals surface area contributed by atoms with E-state index in [1.807, 2.05) is 12.3 Å². The van der Waals surface area contributed by atoms with Crippen molar-refractivity contribution in [3.63, 3.8) is 0 Å². The molecule has 1 N–H and O–H groups in total. The molecule has 0 fully saturated rings. The highest BCUT2D eigenvalue weighted by Gasteiger charge is 2.07. The zero-order valence-corrected chi connectivity index (χ0v) is 13.0. The highest BCUT2D eigenvalue weighted by atomic mass is 32.2. The zero-order chi connectivity index (χ0) is 15.0. The van der Waals surface area contributed by atoms with Crippen LogP contribution in [-0.4, -0.2) is 19.4 Å². The fourth-order valence-corrected chi connectivity index (χ4v) is 3.64. The van der Waals surface area contributed by atoms with Crippen molar-refractivity contribution in [3.8, 4) is 0 Å². The molecule has 0 aliphatic carbocycles. The molecular formula is C13H12N4O2S2. The van der Waals surface area contributed by atoms with Crippen molar-refractivity contribution in [1.82, 2.24) is 19.4 Å². The minimum atomic E-state index is -0.178. The molecule has 0 atom stereocenters. The van der Waals surface area contributed by atoms with Gasteiger partial charge in [0.1, 0.15) is 0 Å². The predicted molar refractivity (Wildman–Crippen MR) is 83.2 cm³/mol. The lowest BCUT2D eigenvalue weighted by molar-refractivity contribution is 0.903. The largest absolute Gasteiger partial charge is 0.301 e. The van der Waals surface area contributed by atoms with E-state index < -0.39 is 0 Å². The first-order valence-electron chi connectivity index (χ1n) is 6.20. The third-order valence-corrected chi connectivity index (χ3v) is 4.68. The van der Waals surface area contributed by atoms with Gasteiger partial charge in [-0.3, -0.25) is 14.0 Å². The van der Waals surface area contributed by atoms with Crippen molar-refractivity contribution in [2.45, 2.75) is 24.8 Å². The zero-order valence-electron chi connectivity index (χ0n) is 11.4. The highest BCUT2D eigenvalue weighted by Crippen LogP contribution is 2.18. The van der Waals surface area contributed by atoms with Crippen molar-refractivity contribution in [1.29, 1.82) is 0 Å². The van der Waals surface area contributed by atoms with Gasteiger partial charge in [0.25, 0.3) is 11.1 Å². The topological polar surface area (TPSA) is 80.1 Å². The van der Waals surface area contributed by atoms with E-state index in [9.17, 15) is 9.59 Å². The molecule has 3 aromatic rings. The molecule has 0 spiro atoms. The Bertz CT molecular complexity index is 926. The summed E-state index contributed by atoms with van der Waals surface area (Å²) in [5.41, 5.74) is 1.97. The maximum absolute atomic E-state index is 12.0. The molecule has 0 unspecified atom stereocenters. The second-order valence-corrected chi connectivity index (χ2v) is 6.36. The second kappa shape index (κ2) is 5.45. The molecule has 8 heteroatoms. The van der Waals surface area contributed by atoms with Gasteiger partial charge in [0.2, 0.25) is 0 Å². The number of aryl methyl sites for hydroxylation is 2. The number of fused-ring (bicyclic) bond motifs is 1. The summed E-state index contributed by atoms with van der Waals surface area (Å²) in [6.07, 6.45) is 0. The molecule has 0 amide bonds. The minimum absolute atomic E-state index is 0.0833. The molecule has 0 bridgehead atoms. The van der Waals surface area contributed by atoms with Gasteiger partial charge in [0.05, 0.1) is 5.69 Å². The van der Waals surface area contributed by atoms with E-state index in [1.54, 1.807) is 11.3 Å². The number of H-pyrrole nitrogens is 1. The molecule has 3 rings (SSSR count). The van der Waals surface area contributed by atoms with Gasteiger partial charge in [-0.1, -0.05) is 11.8 Å². The quantitative estimate of drug-likeness (QED) is 0.587. The molecule has 6 nitrogen and oxygen atoms in total. The summed E-state index contributed by atoms with van der Waals surface area (Å²) in [6.45, 7) is 3.65. The van der Waals surface area contributed by atoms with Crippen molar-refractivity contribution < 1.29 is 0 Å². The molecule has 108 valence electrons. The SMILES string of the molecule is Cc1cc(=O)[nH]c(SCc2cc(=O)n3c(C)csc3n2)n1. The summed E-state index contributed by atoms with van der Waals surface area (Å²) in [6, 6.07) is 2.96. The Balaban J connectivity index is 1.88. The van der Waals surface area contributed by atoms with Gasteiger partial charge in [-0.25, -0.2) is 9.97 Å². The Morgan fingerprint density at radius 3 is 2.86 bits per heavy atom. The summed E-state index contributed by atoms with van der Waals surface area (Å²) >= 11 is 2.79. The van der Waals surface area contributed by atoms with Crippen LogP contribution < -0.4 is 11.1 Å². The summed E-state index contributed by atoms with van der Waals surface area (Å²) in [4.78, 5) is 35.5. The Kier molecular flexibility index (Phi) is 3.64. The van der Waals surface area contributed by atoms with Crippen molar-refractivity contribution in [3.05, 3.63) is 55.3 Å². The lowest BCUT2D eigenvalue weighted by Crippen LogP contribution is -2.14. The first kappa shape index (κ1) is 14.0. The van der Waals surface area contributed by atoms with Crippen LogP contribution in [0.15, 0.2) is 32.3 Å². The third-order valence-electron chi connectivity index (χ3n) is 2.83. The molecule has 0 aromatic carbocycles. The number of thioether (sulfide) groups is 1. The Morgan fingerprint density at radius 2 is 2.10 bits per heavy atom. The molecule has 21 heavy (non-hydrogen) atoms. The van der Waals surface area contributed by atoms with Crippen LogP contribution in [0.2, 0.25) is 0 Å². The molecule has 0 radical (unpaired) electrons. The van der Waals surface area contributed by atoms with E-state index >= 15 is 0 Å². The number of hydrogen-bond donors (Lipinski definition) is 1.